The van der Waals surface area contributed by atoms with Gasteiger partial charge in [0.2, 0.25) is 5.91 Å². The fourth-order valence-corrected chi connectivity index (χ4v) is 4.77. The molecular formula is C27H23FN4O2. The fourth-order valence-electron chi connectivity index (χ4n) is 4.77. The van der Waals surface area contributed by atoms with Crippen molar-refractivity contribution in [3.05, 3.63) is 65.4 Å². The molecule has 2 aliphatic rings. The summed E-state index contributed by atoms with van der Waals surface area (Å²) < 4.78 is 14.3. The third kappa shape index (κ3) is 4.08. The molecule has 1 fully saturated rings. The number of carbonyl (C=O) groups is 2. The second-order valence-corrected chi connectivity index (χ2v) is 9.18. The van der Waals surface area contributed by atoms with Crippen molar-refractivity contribution in [1.82, 2.24) is 9.88 Å². The van der Waals surface area contributed by atoms with Gasteiger partial charge >= 0.3 is 0 Å². The summed E-state index contributed by atoms with van der Waals surface area (Å²) in [4.78, 5) is 35.7. The summed E-state index contributed by atoms with van der Waals surface area (Å²) in [6, 6.07) is 14.9. The molecule has 0 aliphatic carbocycles. The number of alkyl halides is 1. The van der Waals surface area contributed by atoms with Gasteiger partial charge in [-0.2, -0.15) is 5.26 Å². The van der Waals surface area contributed by atoms with Gasteiger partial charge in [0.1, 0.15) is 11.7 Å². The number of nitrogens with zero attached hydrogens (tertiary/aromatic N) is 4. The standard InChI is InChI=1S/C27H23FN4O2/c1-27(28)12-21(13-29)32(16-27)26(34)7-6-25(33)22-8-9-31-24-5-4-18(11-23(22)24)17-2-3-19-14-30-15-20(19)10-17/h2-5,8-11,15,21H,6-7,12,14,16H2,1H3/t21-,27?/m0/s1. The minimum atomic E-state index is -1.58. The lowest BCUT2D eigenvalue weighted by Crippen LogP contribution is -2.36. The highest BCUT2D eigenvalue weighted by atomic mass is 19.1. The molecule has 0 bridgehead atoms. The topological polar surface area (TPSA) is 86.4 Å². The van der Waals surface area contributed by atoms with Crippen molar-refractivity contribution in [2.75, 3.05) is 6.54 Å². The number of aromatic nitrogens is 1. The number of likely N-dealkylation sites (tertiary alicyclic amines) is 1. The van der Waals surface area contributed by atoms with Crippen LogP contribution in [0.3, 0.4) is 0 Å². The molecule has 2 aliphatic heterocycles. The van der Waals surface area contributed by atoms with E-state index >= 15 is 0 Å². The van der Waals surface area contributed by atoms with Crippen LogP contribution < -0.4 is 0 Å². The number of carbonyl (C=O) groups excluding carboxylic acids is 2. The quantitative estimate of drug-likeness (QED) is 0.525. The molecule has 1 aromatic heterocycles. The molecule has 0 radical (unpaired) electrons. The Morgan fingerprint density at radius 1 is 1.18 bits per heavy atom. The summed E-state index contributed by atoms with van der Waals surface area (Å²) in [5.74, 6) is -0.560. The summed E-state index contributed by atoms with van der Waals surface area (Å²) in [6.07, 6.45) is 3.37. The van der Waals surface area contributed by atoms with E-state index in [-0.39, 0.29) is 37.5 Å². The monoisotopic (exact) mass is 454 g/mol. The van der Waals surface area contributed by atoms with E-state index in [2.05, 4.69) is 22.1 Å². The van der Waals surface area contributed by atoms with Crippen LogP contribution in [-0.4, -0.2) is 46.0 Å². The number of hydrogen-bond donors (Lipinski definition) is 0. The molecule has 1 amide bonds. The van der Waals surface area contributed by atoms with Gasteiger partial charge in [-0.05, 0) is 53.4 Å². The van der Waals surface area contributed by atoms with E-state index < -0.39 is 11.7 Å². The molecule has 0 spiro atoms. The summed E-state index contributed by atoms with van der Waals surface area (Å²) in [6.45, 7) is 1.97. The molecule has 3 heterocycles. The Balaban J connectivity index is 1.37. The van der Waals surface area contributed by atoms with Crippen molar-refractivity contribution in [1.29, 1.82) is 5.26 Å². The number of halogens is 1. The van der Waals surface area contributed by atoms with Gasteiger partial charge in [0.15, 0.2) is 5.78 Å². The number of ketones is 1. The molecule has 0 N–H and O–H groups in total. The van der Waals surface area contributed by atoms with Crippen LogP contribution in [0.25, 0.3) is 22.0 Å². The number of hydrogen-bond acceptors (Lipinski definition) is 5. The highest BCUT2D eigenvalue weighted by Crippen LogP contribution is 2.31. The van der Waals surface area contributed by atoms with Gasteiger partial charge in [-0.1, -0.05) is 18.2 Å². The second-order valence-electron chi connectivity index (χ2n) is 9.18. The predicted octanol–water partition coefficient (Wildman–Crippen LogP) is 4.65. The van der Waals surface area contributed by atoms with Gasteiger partial charge in [0.25, 0.3) is 0 Å². The Morgan fingerprint density at radius 2 is 1.97 bits per heavy atom. The summed E-state index contributed by atoms with van der Waals surface area (Å²) >= 11 is 0. The maximum Gasteiger partial charge on any atom is 0.224 e. The lowest BCUT2D eigenvalue weighted by molar-refractivity contribution is -0.131. The zero-order chi connectivity index (χ0) is 23.9. The lowest BCUT2D eigenvalue weighted by atomic mass is 9.96. The van der Waals surface area contributed by atoms with Crippen molar-refractivity contribution in [3.8, 4) is 17.2 Å². The molecule has 170 valence electrons. The number of nitriles is 1. The maximum atomic E-state index is 14.3. The molecule has 7 heteroatoms. The first kappa shape index (κ1) is 21.9. The molecule has 1 saturated heterocycles. The molecule has 5 rings (SSSR count). The Bertz CT molecular complexity index is 1390. The highest BCUT2D eigenvalue weighted by Gasteiger charge is 2.43. The Hall–Kier alpha value is -3.92. The van der Waals surface area contributed by atoms with Crippen LogP contribution in [0.4, 0.5) is 4.39 Å². The second kappa shape index (κ2) is 8.45. The molecule has 3 aromatic rings. The van der Waals surface area contributed by atoms with Crippen LogP contribution in [0.2, 0.25) is 0 Å². The molecule has 1 unspecified atom stereocenters. The number of benzene rings is 2. The van der Waals surface area contributed by atoms with Crippen molar-refractivity contribution in [2.45, 2.75) is 44.4 Å². The Labute approximate surface area is 196 Å². The van der Waals surface area contributed by atoms with E-state index in [0.717, 1.165) is 22.1 Å². The summed E-state index contributed by atoms with van der Waals surface area (Å²) in [5.41, 5.74) is 3.89. The first-order valence-corrected chi connectivity index (χ1v) is 11.3. The van der Waals surface area contributed by atoms with E-state index in [4.69, 9.17) is 0 Å². The van der Waals surface area contributed by atoms with Crippen LogP contribution in [0, 0.1) is 11.3 Å². The van der Waals surface area contributed by atoms with Crippen LogP contribution >= 0.6 is 0 Å². The Kier molecular flexibility index (Phi) is 5.45. The lowest BCUT2D eigenvalue weighted by Gasteiger charge is -2.19. The van der Waals surface area contributed by atoms with E-state index in [0.29, 0.717) is 17.6 Å². The third-order valence-electron chi connectivity index (χ3n) is 6.54. The van der Waals surface area contributed by atoms with Gasteiger partial charge in [0.05, 0.1) is 24.7 Å². The Morgan fingerprint density at radius 3 is 2.79 bits per heavy atom. The van der Waals surface area contributed by atoms with Crippen LogP contribution in [0.1, 0.15) is 47.7 Å². The van der Waals surface area contributed by atoms with Crippen molar-refractivity contribution in [3.63, 3.8) is 0 Å². The minimum absolute atomic E-state index is 0.00446. The fraction of sp³-hybridized carbons (Fsp3) is 0.296. The molecular weight excluding hydrogens is 431 g/mol. The minimum Gasteiger partial charge on any atom is -0.323 e. The summed E-state index contributed by atoms with van der Waals surface area (Å²) in [7, 11) is 0. The maximum absolute atomic E-state index is 14.3. The number of aliphatic imine (C=N–C) groups is 1. The van der Waals surface area contributed by atoms with E-state index in [1.165, 1.54) is 17.4 Å². The molecule has 0 saturated carbocycles. The van der Waals surface area contributed by atoms with Crippen molar-refractivity contribution < 1.29 is 14.0 Å². The smallest absolute Gasteiger partial charge is 0.224 e. The predicted molar refractivity (Wildman–Crippen MR) is 127 cm³/mol. The average Bonchev–Trinajstić information content (AvgIpc) is 3.44. The average molecular weight is 455 g/mol. The van der Waals surface area contributed by atoms with Crippen LogP contribution in [0.5, 0.6) is 0 Å². The van der Waals surface area contributed by atoms with Crippen molar-refractivity contribution >= 4 is 28.8 Å². The SMILES string of the molecule is CC1(F)C[C@@H](C#N)N(C(=O)CCC(=O)c2ccnc3ccc(-c4ccc5c(c4)C=NC5)cc23)C1. The number of pyridine rings is 1. The summed E-state index contributed by atoms with van der Waals surface area (Å²) in [5, 5.41) is 9.99. The van der Waals surface area contributed by atoms with E-state index in [1.54, 1.807) is 12.3 Å². The zero-order valence-corrected chi connectivity index (χ0v) is 18.8. The highest BCUT2D eigenvalue weighted by molar-refractivity contribution is 6.08. The van der Waals surface area contributed by atoms with Gasteiger partial charge in [-0.15, -0.1) is 0 Å². The van der Waals surface area contributed by atoms with Crippen LogP contribution in [-0.2, 0) is 11.3 Å². The van der Waals surface area contributed by atoms with E-state index in [9.17, 15) is 19.2 Å². The van der Waals surface area contributed by atoms with E-state index in [1.807, 2.05) is 36.5 Å². The first-order valence-electron chi connectivity index (χ1n) is 11.3. The third-order valence-corrected chi connectivity index (χ3v) is 6.54. The van der Waals surface area contributed by atoms with Gasteiger partial charge in [-0.25, -0.2) is 4.39 Å². The zero-order valence-electron chi connectivity index (χ0n) is 18.8. The van der Waals surface area contributed by atoms with Crippen molar-refractivity contribution in [2.24, 2.45) is 4.99 Å². The van der Waals surface area contributed by atoms with Gasteiger partial charge in [0, 0.05) is 42.6 Å². The molecule has 34 heavy (non-hydrogen) atoms. The number of amides is 1. The first-order chi connectivity index (χ1) is 16.3. The molecule has 2 atom stereocenters. The molecule has 2 aromatic carbocycles. The van der Waals surface area contributed by atoms with Gasteiger partial charge < -0.3 is 4.90 Å². The molecule has 6 nitrogen and oxygen atoms in total. The van der Waals surface area contributed by atoms with Gasteiger partial charge in [-0.3, -0.25) is 19.6 Å². The normalized spacial score (nSPS) is 21.0. The number of fused-ring (bicyclic) bond motifs is 2. The van der Waals surface area contributed by atoms with Crippen LogP contribution in [0.15, 0.2) is 53.7 Å². The number of Topliss-reactive ketones (excluding diaryl/α,β-unsaturated/α-hetero) is 1. The number of rotatable bonds is 5. The largest absolute Gasteiger partial charge is 0.323 e.